The minimum atomic E-state index is 0.288. The third-order valence-corrected chi connectivity index (χ3v) is 3.88. The van der Waals surface area contributed by atoms with Crippen LogP contribution in [0.3, 0.4) is 0 Å². The zero-order valence-corrected chi connectivity index (χ0v) is 10.2. The molecule has 0 radical (unpaired) electrons. The average Bonchev–Trinajstić information content (AvgIpc) is 2.93. The molecule has 1 saturated heterocycles. The Morgan fingerprint density at radius 3 is 2.67 bits per heavy atom. The number of hydrogen-bond donors (Lipinski definition) is 2. The first kappa shape index (κ1) is 9.82. The molecule has 0 unspecified atom stereocenters. The SMILES string of the molecule is Brc1cccc(C2(NC3CNC3)CC2)c1. The Bertz CT molecular complexity index is 370. The Hall–Kier alpha value is -0.380. The van der Waals surface area contributed by atoms with Crippen molar-refractivity contribution in [2.45, 2.75) is 24.4 Å². The molecule has 15 heavy (non-hydrogen) atoms. The summed E-state index contributed by atoms with van der Waals surface area (Å²) in [6, 6.07) is 9.36. The van der Waals surface area contributed by atoms with Gasteiger partial charge < -0.3 is 10.6 Å². The van der Waals surface area contributed by atoms with E-state index >= 15 is 0 Å². The van der Waals surface area contributed by atoms with Crippen LogP contribution in [0, 0.1) is 0 Å². The van der Waals surface area contributed by atoms with Gasteiger partial charge in [0.05, 0.1) is 0 Å². The van der Waals surface area contributed by atoms with Gasteiger partial charge in [-0.3, -0.25) is 0 Å². The Kier molecular flexibility index (Phi) is 2.34. The van der Waals surface area contributed by atoms with Gasteiger partial charge in [-0.25, -0.2) is 0 Å². The number of rotatable bonds is 3. The Labute approximate surface area is 98.6 Å². The van der Waals surface area contributed by atoms with E-state index in [9.17, 15) is 0 Å². The van der Waals surface area contributed by atoms with Gasteiger partial charge in [0.25, 0.3) is 0 Å². The van der Waals surface area contributed by atoms with Gasteiger partial charge in [-0.05, 0) is 30.5 Å². The van der Waals surface area contributed by atoms with E-state index in [1.54, 1.807) is 0 Å². The zero-order valence-electron chi connectivity index (χ0n) is 8.59. The van der Waals surface area contributed by atoms with E-state index in [2.05, 4.69) is 50.8 Å². The summed E-state index contributed by atoms with van der Waals surface area (Å²) in [5, 5.41) is 7.07. The first-order chi connectivity index (χ1) is 7.28. The summed E-state index contributed by atoms with van der Waals surface area (Å²) < 4.78 is 1.18. The van der Waals surface area contributed by atoms with Gasteiger partial charge in [0.1, 0.15) is 0 Å². The van der Waals surface area contributed by atoms with E-state index in [4.69, 9.17) is 0 Å². The Balaban J connectivity index is 1.79. The number of benzene rings is 1. The van der Waals surface area contributed by atoms with Crippen LogP contribution in [0.15, 0.2) is 28.7 Å². The van der Waals surface area contributed by atoms with Crippen LogP contribution in [0.5, 0.6) is 0 Å². The second-order valence-corrected chi connectivity index (χ2v) is 5.51. The third-order valence-electron chi connectivity index (χ3n) is 3.39. The molecule has 1 aromatic carbocycles. The van der Waals surface area contributed by atoms with Crippen LogP contribution in [0.1, 0.15) is 18.4 Å². The van der Waals surface area contributed by atoms with Crippen LogP contribution >= 0.6 is 15.9 Å². The largest absolute Gasteiger partial charge is 0.314 e. The van der Waals surface area contributed by atoms with Crippen molar-refractivity contribution in [3.63, 3.8) is 0 Å². The predicted molar refractivity (Wildman–Crippen MR) is 64.8 cm³/mol. The van der Waals surface area contributed by atoms with Crippen LogP contribution in [-0.2, 0) is 5.54 Å². The van der Waals surface area contributed by atoms with Crippen molar-refractivity contribution < 1.29 is 0 Å². The fraction of sp³-hybridized carbons (Fsp3) is 0.500. The maximum atomic E-state index is 3.76. The Morgan fingerprint density at radius 2 is 2.13 bits per heavy atom. The van der Waals surface area contributed by atoms with Crippen molar-refractivity contribution in [3.8, 4) is 0 Å². The molecule has 0 spiro atoms. The van der Waals surface area contributed by atoms with Gasteiger partial charge in [-0.2, -0.15) is 0 Å². The molecule has 0 aromatic heterocycles. The average molecular weight is 267 g/mol. The van der Waals surface area contributed by atoms with Crippen molar-refractivity contribution in [1.82, 2.24) is 10.6 Å². The Morgan fingerprint density at radius 1 is 1.33 bits per heavy atom. The molecule has 0 atom stereocenters. The van der Waals surface area contributed by atoms with Crippen molar-refractivity contribution in [1.29, 1.82) is 0 Å². The lowest BCUT2D eigenvalue weighted by Gasteiger charge is -2.33. The van der Waals surface area contributed by atoms with Crippen LogP contribution in [0.2, 0.25) is 0 Å². The maximum Gasteiger partial charge on any atom is 0.0439 e. The summed E-state index contributed by atoms with van der Waals surface area (Å²) in [6.07, 6.45) is 2.56. The van der Waals surface area contributed by atoms with E-state index in [0.29, 0.717) is 6.04 Å². The molecule has 2 fully saturated rings. The topological polar surface area (TPSA) is 24.1 Å². The lowest BCUT2D eigenvalue weighted by atomic mass is 10.0. The summed E-state index contributed by atoms with van der Waals surface area (Å²) >= 11 is 3.54. The normalized spacial score (nSPS) is 23.5. The molecule has 1 heterocycles. The summed E-state index contributed by atoms with van der Waals surface area (Å²) in [7, 11) is 0. The van der Waals surface area contributed by atoms with Crippen LogP contribution in [0.4, 0.5) is 0 Å². The molecule has 80 valence electrons. The molecular formula is C12H15BrN2. The second kappa shape index (κ2) is 3.58. The zero-order chi connectivity index (χ0) is 10.3. The van der Waals surface area contributed by atoms with Crippen molar-refractivity contribution in [3.05, 3.63) is 34.3 Å². The van der Waals surface area contributed by atoms with E-state index in [-0.39, 0.29) is 5.54 Å². The van der Waals surface area contributed by atoms with Crippen LogP contribution in [-0.4, -0.2) is 19.1 Å². The van der Waals surface area contributed by atoms with Gasteiger partial charge in [-0.1, -0.05) is 28.1 Å². The van der Waals surface area contributed by atoms with E-state index in [1.165, 1.54) is 22.9 Å². The minimum Gasteiger partial charge on any atom is -0.314 e. The van der Waals surface area contributed by atoms with Gasteiger partial charge in [0, 0.05) is 29.1 Å². The van der Waals surface area contributed by atoms with Gasteiger partial charge >= 0.3 is 0 Å². The summed E-state index contributed by atoms with van der Waals surface area (Å²) in [6.45, 7) is 2.24. The third kappa shape index (κ3) is 1.84. The van der Waals surface area contributed by atoms with Crippen molar-refractivity contribution in [2.24, 2.45) is 0 Å². The summed E-state index contributed by atoms with van der Waals surface area (Å²) in [4.78, 5) is 0. The highest BCUT2D eigenvalue weighted by Gasteiger charge is 2.46. The standard InChI is InChI=1S/C12H15BrN2/c13-10-3-1-2-9(6-10)12(4-5-12)15-11-7-14-8-11/h1-3,6,11,14-15H,4-5,7-8H2. The predicted octanol–water partition coefficient (Wildman–Crippen LogP) is 2.00. The molecule has 3 heteroatoms. The lowest BCUT2D eigenvalue weighted by Crippen LogP contribution is -2.58. The van der Waals surface area contributed by atoms with Crippen LogP contribution in [0.25, 0.3) is 0 Å². The highest BCUT2D eigenvalue weighted by Crippen LogP contribution is 2.46. The molecule has 2 N–H and O–H groups in total. The minimum absolute atomic E-state index is 0.288. The number of halogens is 1. The fourth-order valence-corrected chi connectivity index (χ4v) is 2.61. The quantitative estimate of drug-likeness (QED) is 0.875. The van der Waals surface area contributed by atoms with E-state index in [0.717, 1.165) is 13.1 Å². The van der Waals surface area contributed by atoms with Crippen LogP contribution < -0.4 is 10.6 Å². The fourth-order valence-electron chi connectivity index (χ4n) is 2.21. The van der Waals surface area contributed by atoms with Gasteiger partial charge in [0.2, 0.25) is 0 Å². The second-order valence-electron chi connectivity index (χ2n) is 4.59. The van der Waals surface area contributed by atoms with Gasteiger partial charge in [-0.15, -0.1) is 0 Å². The first-order valence-electron chi connectivity index (χ1n) is 5.53. The molecule has 0 amide bonds. The molecule has 3 rings (SSSR count). The smallest absolute Gasteiger partial charge is 0.0439 e. The number of nitrogens with one attached hydrogen (secondary N) is 2. The first-order valence-corrected chi connectivity index (χ1v) is 6.32. The molecule has 0 bridgehead atoms. The highest BCUT2D eigenvalue weighted by molar-refractivity contribution is 9.10. The highest BCUT2D eigenvalue weighted by atomic mass is 79.9. The van der Waals surface area contributed by atoms with E-state index < -0.39 is 0 Å². The summed E-state index contributed by atoms with van der Waals surface area (Å²) in [5.74, 6) is 0. The maximum absolute atomic E-state index is 3.76. The monoisotopic (exact) mass is 266 g/mol. The van der Waals surface area contributed by atoms with E-state index in [1.807, 2.05) is 0 Å². The molecule has 1 saturated carbocycles. The molecular weight excluding hydrogens is 252 g/mol. The molecule has 2 nitrogen and oxygen atoms in total. The molecule has 1 aromatic rings. The molecule has 1 aliphatic heterocycles. The molecule has 1 aliphatic carbocycles. The van der Waals surface area contributed by atoms with Gasteiger partial charge in [0.15, 0.2) is 0 Å². The van der Waals surface area contributed by atoms with Crippen molar-refractivity contribution in [2.75, 3.05) is 13.1 Å². The lowest BCUT2D eigenvalue weighted by molar-refractivity contribution is 0.319. The summed E-state index contributed by atoms with van der Waals surface area (Å²) in [5.41, 5.74) is 1.72. The molecule has 2 aliphatic rings. The van der Waals surface area contributed by atoms with Crippen molar-refractivity contribution >= 4 is 15.9 Å². The number of hydrogen-bond acceptors (Lipinski definition) is 2.